The number of hydrogen-bond acceptors (Lipinski definition) is 6. The molecule has 0 saturated carbocycles. The molecule has 36 heavy (non-hydrogen) atoms. The molecular weight excluding hydrogens is 448 g/mol. The van der Waals surface area contributed by atoms with Crippen LogP contribution in [0.1, 0.15) is 35.7 Å². The van der Waals surface area contributed by atoms with Crippen molar-refractivity contribution >= 4 is 33.5 Å². The van der Waals surface area contributed by atoms with Gasteiger partial charge in [-0.1, -0.05) is 44.2 Å². The lowest BCUT2D eigenvalue weighted by atomic mass is 9.87. The van der Waals surface area contributed by atoms with Gasteiger partial charge in [-0.2, -0.15) is 0 Å². The van der Waals surface area contributed by atoms with E-state index >= 15 is 0 Å². The van der Waals surface area contributed by atoms with Gasteiger partial charge in [0.05, 0.1) is 22.3 Å². The Morgan fingerprint density at radius 1 is 0.917 bits per heavy atom. The van der Waals surface area contributed by atoms with Crippen LogP contribution in [0.5, 0.6) is 0 Å². The van der Waals surface area contributed by atoms with E-state index < -0.39 is 0 Å². The summed E-state index contributed by atoms with van der Waals surface area (Å²) < 4.78 is 0. The van der Waals surface area contributed by atoms with Gasteiger partial charge in [-0.25, -0.2) is 9.97 Å². The number of para-hydroxylation sites is 1. The van der Waals surface area contributed by atoms with Crippen molar-refractivity contribution in [1.29, 1.82) is 0 Å². The van der Waals surface area contributed by atoms with E-state index in [1.807, 2.05) is 36.4 Å². The van der Waals surface area contributed by atoms with Gasteiger partial charge in [-0.15, -0.1) is 0 Å². The minimum absolute atomic E-state index is 0.107. The normalized spacial score (nSPS) is 12.9. The molecule has 180 valence electrons. The lowest BCUT2D eigenvalue weighted by Gasteiger charge is -2.22. The van der Waals surface area contributed by atoms with E-state index in [1.165, 1.54) is 0 Å². The molecule has 0 aliphatic heterocycles. The summed E-state index contributed by atoms with van der Waals surface area (Å²) in [5, 5.41) is 8.14. The second-order valence-corrected chi connectivity index (χ2v) is 9.03. The Morgan fingerprint density at radius 3 is 2.67 bits per heavy atom. The van der Waals surface area contributed by atoms with Crippen molar-refractivity contribution in [2.45, 2.75) is 19.8 Å². The van der Waals surface area contributed by atoms with Gasteiger partial charge in [0.1, 0.15) is 12.1 Å². The number of carbonyl (C=O) groups excluding carboxylic acids is 1. The largest absolute Gasteiger partial charge is 0.370 e. The fourth-order valence-corrected chi connectivity index (χ4v) is 4.49. The van der Waals surface area contributed by atoms with Crippen molar-refractivity contribution in [3.05, 3.63) is 90.5 Å². The number of nitrogens with one attached hydrogen (secondary N) is 2. The summed E-state index contributed by atoms with van der Waals surface area (Å²) in [5.41, 5.74) is 5.48. The fraction of sp³-hybridized carbons (Fsp3) is 0.207. The van der Waals surface area contributed by atoms with Crippen LogP contribution in [0.25, 0.3) is 33.1 Å². The SMILES string of the molecule is CNC(=O)c1ccnc2c(C(C)[C@H](C)CNc3cc(-c4ccc5ncccc5c4)ncn3)cccc12. The van der Waals surface area contributed by atoms with Crippen LogP contribution in [0.2, 0.25) is 0 Å². The van der Waals surface area contributed by atoms with Crippen LogP contribution < -0.4 is 10.6 Å². The van der Waals surface area contributed by atoms with E-state index in [0.717, 1.165) is 51.0 Å². The third-order valence-corrected chi connectivity index (χ3v) is 6.79. The molecule has 2 N–H and O–H groups in total. The summed E-state index contributed by atoms with van der Waals surface area (Å²) in [6.45, 7) is 5.13. The highest BCUT2D eigenvalue weighted by molar-refractivity contribution is 6.06. The molecule has 0 aliphatic rings. The smallest absolute Gasteiger partial charge is 0.251 e. The van der Waals surface area contributed by atoms with Crippen molar-refractivity contribution < 1.29 is 4.79 Å². The van der Waals surface area contributed by atoms with Gasteiger partial charge in [0.15, 0.2) is 0 Å². The third kappa shape index (κ3) is 4.60. The number of aromatic nitrogens is 4. The fourth-order valence-electron chi connectivity index (χ4n) is 4.49. The van der Waals surface area contributed by atoms with E-state index in [4.69, 9.17) is 0 Å². The van der Waals surface area contributed by atoms with Crippen molar-refractivity contribution in [3.63, 3.8) is 0 Å². The number of pyridine rings is 2. The van der Waals surface area contributed by atoms with Crippen LogP contribution in [-0.2, 0) is 0 Å². The average molecular weight is 477 g/mol. The Bertz CT molecular complexity index is 1550. The highest BCUT2D eigenvalue weighted by atomic mass is 16.1. The molecular formula is C29H28N6O. The van der Waals surface area contributed by atoms with E-state index in [0.29, 0.717) is 5.56 Å². The topological polar surface area (TPSA) is 92.7 Å². The second-order valence-electron chi connectivity index (χ2n) is 9.03. The number of nitrogens with zero attached hydrogens (tertiary/aromatic N) is 4. The van der Waals surface area contributed by atoms with E-state index in [2.05, 4.69) is 62.6 Å². The molecule has 7 heteroatoms. The number of fused-ring (bicyclic) bond motifs is 2. The number of benzene rings is 2. The van der Waals surface area contributed by atoms with Crippen LogP contribution in [0, 0.1) is 5.92 Å². The van der Waals surface area contributed by atoms with Crippen molar-refractivity contribution in [3.8, 4) is 11.3 Å². The van der Waals surface area contributed by atoms with Crippen molar-refractivity contribution in [2.24, 2.45) is 5.92 Å². The molecule has 2 atom stereocenters. The molecule has 3 heterocycles. The summed E-state index contributed by atoms with van der Waals surface area (Å²) in [6.07, 6.45) is 5.09. The number of anilines is 1. The summed E-state index contributed by atoms with van der Waals surface area (Å²) in [7, 11) is 1.64. The first-order valence-electron chi connectivity index (χ1n) is 12.1. The zero-order valence-electron chi connectivity index (χ0n) is 20.6. The van der Waals surface area contributed by atoms with Crippen LogP contribution >= 0.6 is 0 Å². The second kappa shape index (κ2) is 10.1. The Labute approximate surface area is 210 Å². The van der Waals surface area contributed by atoms with Gasteiger partial charge in [0.2, 0.25) is 0 Å². The summed E-state index contributed by atoms with van der Waals surface area (Å²) in [4.78, 5) is 30.3. The summed E-state index contributed by atoms with van der Waals surface area (Å²) in [6, 6.07) is 19.9. The maximum Gasteiger partial charge on any atom is 0.251 e. The molecule has 5 aromatic rings. The predicted octanol–water partition coefficient (Wildman–Crippen LogP) is 5.45. The number of carbonyl (C=O) groups is 1. The van der Waals surface area contributed by atoms with Crippen LogP contribution in [0.4, 0.5) is 5.82 Å². The maximum atomic E-state index is 12.3. The third-order valence-electron chi connectivity index (χ3n) is 6.79. The quantitative estimate of drug-likeness (QED) is 0.324. The van der Waals surface area contributed by atoms with Gasteiger partial charge in [0.25, 0.3) is 5.91 Å². The summed E-state index contributed by atoms with van der Waals surface area (Å²) >= 11 is 0. The Kier molecular flexibility index (Phi) is 6.54. The molecule has 7 nitrogen and oxygen atoms in total. The van der Waals surface area contributed by atoms with Crippen LogP contribution in [0.3, 0.4) is 0 Å². The predicted molar refractivity (Wildman–Crippen MR) is 144 cm³/mol. The minimum Gasteiger partial charge on any atom is -0.370 e. The lowest BCUT2D eigenvalue weighted by Crippen LogP contribution is -2.19. The highest BCUT2D eigenvalue weighted by Crippen LogP contribution is 2.31. The molecule has 0 radical (unpaired) electrons. The highest BCUT2D eigenvalue weighted by Gasteiger charge is 2.19. The first-order chi connectivity index (χ1) is 17.5. The molecule has 0 fully saturated rings. The summed E-state index contributed by atoms with van der Waals surface area (Å²) in [5.74, 6) is 1.17. The zero-order valence-corrected chi connectivity index (χ0v) is 20.6. The van der Waals surface area contributed by atoms with Gasteiger partial charge in [-0.05, 0) is 41.7 Å². The van der Waals surface area contributed by atoms with Gasteiger partial charge in [0, 0.05) is 48.4 Å². The average Bonchev–Trinajstić information content (AvgIpc) is 2.94. The Hall–Kier alpha value is -4.39. The molecule has 0 bridgehead atoms. The molecule has 0 saturated heterocycles. The first kappa shape index (κ1) is 23.4. The molecule has 0 aliphatic carbocycles. The standard InChI is InChI=1S/C29H28N6O/c1-18(19(2)22-7-4-8-23-24(29(36)30-3)11-13-32-28(22)23)16-33-27-15-26(34-17-35-27)21-9-10-25-20(14-21)6-5-12-31-25/h4-15,17-19H,16H2,1-3H3,(H,30,36)(H,33,34,35)/t18-,19?/m1/s1. The van der Waals surface area contributed by atoms with Gasteiger partial charge < -0.3 is 10.6 Å². The minimum atomic E-state index is -0.107. The zero-order chi connectivity index (χ0) is 25.1. The van der Waals surface area contributed by atoms with Gasteiger partial charge >= 0.3 is 0 Å². The molecule has 5 rings (SSSR count). The van der Waals surface area contributed by atoms with Crippen LogP contribution in [-0.4, -0.2) is 39.4 Å². The Morgan fingerprint density at radius 2 is 1.81 bits per heavy atom. The number of hydrogen-bond donors (Lipinski definition) is 2. The molecule has 1 amide bonds. The number of rotatable bonds is 7. The molecule has 1 unspecified atom stereocenters. The van der Waals surface area contributed by atoms with E-state index in [-0.39, 0.29) is 17.7 Å². The molecule has 2 aromatic carbocycles. The van der Waals surface area contributed by atoms with Crippen molar-refractivity contribution in [2.75, 3.05) is 18.9 Å². The maximum absolute atomic E-state index is 12.3. The lowest BCUT2D eigenvalue weighted by molar-refractivity contribution is 0.0964. The first-order valence-corrected chi connectivity index (χ1v) is 12.1. The van der Waals surface area contributed by atoms with Crippen molar-refractivity contribution in [1.82, 2.24) is 25.3 Å². The van der Waals surface area contributed by atoms with E-state index in [1.54, 1.807) is 31.8 Å². The Balaban J connectivity index is 1.34. The van der Waals surface area contributed by atoms with Crippen LogP contribution in [0.15, 0.2) is 79.4 Å². The monoisotopic (exact) mass is 476 g/mol. The van der Waals surface area contributed by atoms with E-state index in [9.17, 15) is 4.79 Å². The molecule has 0 spiro atoms. The number of amides is 1. The molecule has 3 aromatic heterocycles. The van der Waals surface area contributed by atoms with Gasteiger partial charge in [-0.3, -0.25) is 14.8 Å².